The molecule has 2 aliphatic rings. The van der Waals surface area contributed by atoms with Gasteiger partial charge in [-0.2, -0.15) is 0 Å². The monoisotopic (exact) mass is 440 g/mol. The lowest BCUT2D eigenvalue weighted by Crippen LogP contribution is -2.36. The molecule has 2 aliphatic heterocycles. The van der Waals surface area contributed by atoms with Crippen LogP contribution in [0.1, 0.15) is 59.8 Å². The summed E-state index contributed by atoms with van der Waals surface area (Å²) in [6.45, 7) is 10.4. The van der Waals surface area contributed by atoms with E-state index in [0.717, 1.165) is 31.8 Å². The lowest BCUT2D eigenvalue weighted by molar-refractivity contribution is -0.126. The predicted molar refractivity (Wildman–Crippen MR) is 113 cm³/mol. The number of hydrogen-bond acceptors (Lipinski definition) is 8. The first-order valence-electron chi connectivity index (χ1n) is 10.8. The molecule has 176 valence electrons. The molecule has 0 amide bonds. The smallest absolute Gasteiger partial charge is 0.204 e. The molecule has 0 aromatic carbocycles. The maximum Gasteiger partial charge on any atom is 0.204 e. The summed E-state index contributed by atoms with van der Waals surface area (Å²) in [5.74, 6) is -1.21. The minimum Gasteiger partial charge on any atom is -0.502 e. The Labute approximate surface area is 184 Å². The van der Waals surface area contributed by atoms with Crippen LogP contribution in [0.15, 0.2) is 24.0 Å². The molecule has 0 saturated heterocycles. The summed E-state index contributed by atoms with van der Waals surface area (Å²) >= 11 is 0. The van der Waals surface area contributed by atoms with Crippen LogP contribution in [0.5, 0.6) is 0 Å². The van der Waals surface area contributed by atoms with E-state index >= 15 is 0 Å². The van der Waals surface area contributed by atoms with Gasteiger partial charge in [-0.1, -0.05) is 27.7 Å². The van der Waals surface area contributed by atoms with Crippen molar-refractivity contribution in [2.75, 3.05) is 26.4 Å². The minimum atomic E-state index is -0.317. The van der Waals surface area contributed by atoms with Crippen molar-refractivity contribution in [3.05, 3.63) is 24.0 Å². The predicted octanol–water partition coefficient (Wildman–Crippen LogP) is 3.76. The van der Waals surface area contributed by atoms with E-state index in [2.05, 4.69) is 0 Å². The van der Waals surface area contributed by atoms with Gasteiger partial charge in [-0.25, -0.2) is 0 Å². The van der Waals surface area contributed by atoms with Gasteiger partial charge in [0, 0.05) is 37.3 Å². The van der Waals surface area contributed by atoms with Crippen LogP contribution in [0.2, 0.25) is 0 Å². The number of rotatable bonds is 12. The second kappa shape index (κ2) is 11.0. The van der Waals surface area contributed by atoms with Gasteiger partial charge in [0.25, 0.3) is 0 Å². The molecular weight excluding hydrogens is 404 g/mol. The first-order chi connectivity index (χ1) is 14.5. The zero-order valence-electron chi connectivity index (χ0n) is 19.0. The Morgan fingerprint density at radius 3 is 1.55 bits per heavy atom. The van der Waals surface area contributed by atoms with Crippen molar-refractivity contribution in [3.8, 4) is 0 Å². The first-order valence-corrected chi connectivity index (χ1v) is 10.8. The third-order valence-corrected chi connectivity index (χ3v) is 6.10. The van der Waals surface area contributed by atoms with Crippen LogP contribution in [-0.4, -0.2) is 60.4 Å². The molecule has 0 fully saturated rings. The van der Waals surface area contributed by atoms with Crippen LogP contribution in [0.25, 0.3) is 0 Å². The van der Waals surface area contributed by atoms with Crippen LogP contribution >= 0.6 is 0 Å². The maximum absolute atomic E-state index is 11.7. The van der Waals surface area contributed by atoms with Crippen LogP contribution in [0.3, 0.4) is 0 Å². The Bertz CT molecular complexity index is 634. The van der Waals surface area contributed by atoms with E-state index in [0.29, 0.717) is 26.4 Å². The number of ether oxygens (including phenoxy) is 4. The molecule has 2 atom stereocenters. The molecule has 0 aliphatic carbocycles. The molecule has 0 radical (unpaired) electrons. The van der Waals surface area contributed by atoms with E-state index < -0.39 is 0 Å². The van der Waals surface area contributed by atoms with E-state index in [4.69, 9.17) is 18.9 Å². The van der Waals surface area contributed by atoms with Crippen molar-refractivity contribution in [2.24, 2.45) is 10.8 Å². The van der Waals surface area contributed by atoms with Crippen molar-refractivity contribution in [3.63, 3.8) is 0 Å². The van der Waals surface area contributed by atoms with Crippen molar-refractivity contribution in [1.82, 2.24) is 0 Å². The van der Waals surface area contributed by atoms with Gasteiger partial charge in [0.2, 0.25) is 11.6 Å². The van der Waals surface area contributed by atoms with Gasteiger partial charge >= 0.3 is 0 Å². The maximum atomic E-state index is 11.7. The normalized spacial score (nSPS) is 22.5. The summed E-state index contributed by atoms with van der Waals surface area (Å²) in [6, 6.07) is 0. The molecule has 8 heteroatoms. The lowest BCUT2D eigenvalue weighted by atomic mass is 9.80. The number of carbonyl (C=O) groups is 2. The number of hydrogen-bond donors (Lipinski definition) is 2. The highest BCUT2D eigenvalue weighted by Crippen LogP contribution is 2.34. The fraction of sp³-hybridized carbons (Fsp3) is 0.739. The third kappa shape index (κ3) is 7.54. The number of Topliss-reactive ketones (excluding diaryl/α,β-unsaturated/α-hetero) is 2. The summed E-state index contributed by atoms with van der Waals surface area (Å²) in [5.41, 5.74) is -0.493. The van der Waals surface area contributed by atoms with E-state index in [-0.39, 0.29) is 59.0 Å². The molecule has 0 saturated carbocycles. The van der Waals surface area contributed by atoms with Crippen molar-refractivity contribution < 1.29 is 38.7 Å². The van der Waals surface area contributed by atoms with E-state index in [9.17, 15) is 19.8 Å². The molecular formula is C23H36O8. The average molecular weight is 441 g/mol. The lowest BCUT2D eigenvalue weighted by Gasteiger charge is -2.35. The summed E-state index contributed by atoms with van der Waals surface area (Å²) in [7, 11) is 0. The molecule has 2 heterocycles. The zero-order chi connectivity index (χ0) is 23.1. The molecule has 0 aromatic rings. The Morgan fingerprint density at radius 2 is 1.19 bits per heavy atom. The van der Waals surface area contributed by atoms with Crippen LogP contribution in [0.4, 0.5) is 0 Å². The molecule has 31 heavy (non-hydrogen) atoms. The van der Waals surface area contributed by atoms with Gasteiger partial charge in [0.05, 0.1) is 12.8 Å². The number of aliphatic hydroxyl groups excluding tert-OH is 2. The van der Waals surface area contributed by atoms with Crippen LogP contribution in [-0.2, 0) is 28.5 Å². The van der Waals surface area contributed by atoms with Gasteiger partial charge in [0.15, 0.2) is 11.5 Å². The van der Waals surface area contributed by atoms with Gasteiger partial charge in [0.1, 0.15) is 24.7 Å². The van der Waals surface area contributed by atoms with Gasteiger partial charge in [-0.15, -0.1) is 0 Å². The number of allylic oxidation sites excluding steroid dienone is 2. The van der Waals surface area contributed by atoms with E-state index in [1.54, 1.807) is 0 Å². The van der Waals surface area contributed by atoms with E-state index in [1.807, 2.05) is 27.7 Å². The second-order valence-electron chi connectivity index (χ2n) is 9.57. The highest BCUT2D eigenvalue weighted by molar-refractivity contribution is 5.94. The van der Waals surface area contributed by atoms with Gasteiger partial charge in [-0.3, -0.25) is 9.59 Å². The molecule has 2 unspecified atom stereocenters. The largest absolute Gasteiger partial charge is 0.502 e. The fourth-order valence-corrected chi connectivity index (χ4v) is 3.45. The number of carbonyl (C=O) groups excluding carboxylic acids is 2. The Kier molecular flexibility index (Phi) is 8.94. The summed E-state index contributed by atoms with van der Waals surface area (Å²) in [5, 5.41) is 18.7. The zero-order valence-corrected chi connectivity index (χ0v) is 19.0. The van der Waals surface area contributed by atoms with Crippen molar-refractivity contribution in [1.29, 1.82) is 0 Å². The highest BCUT2D eigenvalue weighted by Gasteiger charge is 2.36. The van der Waals surface area contributed by atoms with Crippen molar-refractivity contribution >= 4 is 11.6 Å². The van der Waals surface area contributed by atoms with Gasteiger partial charge in [-0.05, 0) is 19.3 Å². The number of ketones is 2. The van der Waals surface area contributed by atoms with Crippen molar-refractivity contribution in [2.45, 2.75) is 72.0 Å². The molecule has 2 N–H and O–H groups in total. The van der Waals surface area contributed by atoms with Gasteiger partial charge < -0.3 is 29.2 Å². The molecule has 0 aromatic heterocycles. The summed E-state index contributed by atoms with van der Waals surface area (Å²) < 4.78 is 22.4. The molecule has 8 nitrogen and oxygen atoms in total. The van der Waals surface area contributed by atoms with Crippen LogP contribution in [0, 0.1) is 10.8 Å². The summed E-state index contributed by atoms with van der Waals surface area (Å²) in [6.07, 6.45) is 4.33. The third-order valence-electron chi connectivity index (χ3n) is 6.10. The Hall–Kier alpha value is -2.06. The Morgan fingerprint density at radius 1 is 0.806 bits per heavy atom. The molecule has 0 spiro atoms. The molecule has 2 rings (SSSR count). The average Bonchev–Trinajstić information content (AvgIpc) is 2.70. The standard InChI is InChI=1S/C23H36O8/c1-22(2,20-12-16(24)18(26)14-30-20)6-10-28-8-5-9-29-11-7-23(3,4)21-13-17(25)19(27)15-31-21/h14-15,20-21,26-27H,5-13H2,1-4H3. The topological polar surface area (TPSA) is 112 Å². The van der Waals surface area contributed by atoms with Crippen LogP contribution < -0.4 is 0 Å². The SMILES string of the molecule is CC(C)(CCOCCCOCCC(C)(C)C1CC(=O)C(O)=CO1)C1CC(=O)C(O)=CO1. The Balaban J connectivity index is 1.54. The van der Waals surface area contributed by atoms with E-state index in [1.165, 1.54) is 0 Å². The minimum absolute atomic E-state index is 0.178. The second-order valence-corrected chi connectivity index (χ2v) is 9.57. The summed E-state index contributed by atoms with van der Waals surface area (Å²) in [4.78, 5) is 23.3. The highest BCUT2D eigenvalue weighted by atomic mass is 16.5. The fourth-order valence-electron chi connectivity index (χ4n) is 3.45. The first kappa shape index (κ1) is 25.2. The number of aliphatic hydroxyl groups is 2. The quantitative estimate of drug-likeness (QED) is 0.441. The molecule has 0 bridgehead atoms.